The second-order valence-electron chi connectivity index (χ2n) is 4.24. The first-order valence-electron chi connectivity index (χ1n) is 5.84. The number of hydrogen-bond donors (Lipinski definition) is 0. The summed E-state index contributed by atoms with van der Waals surface area (Å²) >= 11 is 1.42. The summed E-state index contributed by atoms with van der Waals surface area (Å²) in [6.45, 7) is 1.81. The van der Waals surface area contributed by atoms with Crippen molar-refractivity contribution in [2.75, 3.05) is 0 Å². The largest absolute Gasteiger partial charge is 0.294 e. The summed E-state index contributed by atoms with van der Waals surface area (Å²) in [4.78, 5) is 24.7. The van der Waals surface area contributed by atoms with Crippen molar-refractivity contribution in [3.8, 4) is 0 Å². The molecule has 0 unspecified atom stereocenters. The fraction of sp³-hybridized carbons (Fsp3) is 0.200. The van der Waals surface area contributed by atoms with Crippen LogP contribution in [0.4, 0.5) is 0 Å². The van der Waals surface area contributed by atoms with Gasteiger partial charge in [0.15, 0.2) is 11.6 Å². The minimum Gasteiger partial charge on any atom is -0.294 e. The second kappa shape index (κ2) is 5.74. The van der Waals surface area contributed by atoms with E-state index < -0.39 is 0 Å². The Morgan fingerprint density at radius 2 is 1.83 bits per heavy atom. The minimum atomic E-state index is -0.276. The Balaban J connectivity index is 2.02. The summed E-state index contributed by atoms with van der Waals surface area (Å²) in [7, 11) is 0. The number of benzene rings is 1. The molecular formula is C15H14O2S. The molecule has 18 heavy (non-hydrogen) atoms. The maximum Gasteiger partial charge on any atom is 0.173 e. The molecule has 2 nitrogen and oxygen atoms in total. The van der Waals surface area contributed by atoms with E-state index in [2.05, 4.69) is 0 Å². The molecule has 0 N–H and O–H groups in total. The molecule has 0 saturated carbocycles. The molecule has 0 bridgehead atoms. The van der Waals surface area contributed by atoms with Crippen molar-refractivity contribution in [3.63, 3.8) is 0 Å². The van der Waals surface area contributed by atoms with E-state index in [0.717, 1.165) is 4.88 Å². The molecule has 0 aliphatic rings. The van der Waals surface area contributed by atoms with Crippen molar-refractivity contribution < 1.29 is 9.59 Å². The maximum absolute atomic E-state index is 12.1. The SMILES string of the molecule is C[C@H](CC(=O)c1cccs1)C(=O)c1ccccc1. The third kappa shape index (κ3) is 2.93. The zero-order valence-corrected chi connectivity index (χ0v) is 10.9. The van der Waals surface area contributed by atoms with Crippen LogP contribution in [-0.2, 0) is 0 Å². The average molecular weight is 258 g/mol. The summed E-state index contributed by atoms with van der Waals surface area (Å²) in [5.74, 6) is -0.204. The van der Waals surface area contributed by atoms with Crippen LogP contribution in [0.1, 0.15) is 33.4 Å². The molecule has 1 aromatic carbocycles. The quantitative estimate of drug-likeness (QED) is 0.764. The Hall–Kier alpha value is -1.74. The lowest BCUT2D eigenvalue weighted by Gasteiger charge is -2.08. The first kappa shape index (κ1) is 12.7. The van der Waals surface area contributed by atoms with Crippen molar-refractivity contribution in [1.29, 1.82) is 0 Å². The first-order valence-corrected chi connectivity index (χ1v) is 6.72. The third-order valence-corrected chi connectivity index (χ3v) is 3.70. The topological polar surface area (TPSA) is 34.1 Å². The molecule has 2 rings (SSSR count). The van der Waals surface area contributed by atoms with E-state index >= 15 is 0 Å². The summed E-state index contributed by atoms with van der Waals surface area (Å²) in [5.41, 5.74) is 0.670. The van der Waals surface area contributed by atoms with Gasteiger partial charge < -0.3 is 0 Å². The Morgan fingerprint density at radius 3 is 2.44 bits per heavy atom. The predicted octanol–water partition coefficient (Wildman–Crippen LogP) is 3.84. The van der Waals surface area contributed by atoms with Gasteiger partial charge in [0.05, 0.1) is 4.88 Å². The van der Waals surface area contributed by atoms with Crippen LogP contribution in [0.15, 0.2) is 47.8 Å². The van der Waals surface area contributed by atoms with Gasteiger partial charge in [-0.25, -0.2) is 0 Å². The van der Waals surface area contributed by atoms with Gasteiger partial charge in [-0.3, -0.25) is 9.59 Å². The fourth-order valence-corrected chi connectivity index (χ4v) is 2.47. The predicted molar refractivity (Wildman–Crippen MR) is 73.2 cm³/mol. The lowest BCUT2D eigenvalue weighted by Crippen LogP contribution is -2.15. The molecule has 1 aromatic heterocycles. The van der Waals surface area contributed by atoms with E-state index in [0.29, 0.717) is 5.56 Å². The second-order valence-corrected chi connectivity index (χ2v) is 5.18. The lowest BCUT2D eigenvalue weighted by molar-refractivity contribution is 0.0865. The molecule has 0 aliphatic carbocycles. The van der Waals surface area contributed by atoms with Gasteiger partial charge >= 0.3 is 0 Å². The minimum absolute atomic E-state index is 0.0282. The monoisotopic (exact) mass is 258 g/mol. The number of ketones is 2. The molecule has 92 valence electrons. The van der Waals surface area contributed by atoms with Gasteiger partial charge in [0.25, 0.3) is 0 Å². The molecule has 0 spiro atoms. The number of rotatable bonds is 5. The van der Waals surface area contributed by atoms with E-state index in [9.17, 15) is 9.59 Å². The maximum atomic E-state index is 12.1. The highest BCUT2D eigenvalue weighted by Gasteiger charge is 2.19. The molecule has 0 fully saturated rings. The van der Waals surface area contributed by atoms with Crippen LogP contribution in [0.25, 0.3) is 0 Å². The smallest absolute Gasteiger partial charge is 0.173 e. The van der Waals surface area contributed by atoms with Gasteiger partial charge in [0.2, 0.25) is 0 Å². The van der Waals surface area contributed by atoms with Gasteiger partial charge in [-0.05, 0) is 11.4 Å². The molecule has 0 amide bonds. The van der Waals surface area contributed by atoms with Crippen LogP contribution in [-0.4, -0.2) is 11.6 Å². The van der Waals surface area contributed by atoms with Gasteiger partial charge in [-0.1, -0.05) is 43.3 Å². The van der Waals surface area contributed by atoms with E-state index in [1.165, 1.54) is 11.3 Å². The molecule has 3 heteroatoms. The normalized spacial score (nSPS) is 12.1. The van der Waals surface area contributed by atoms with E-state index in [-0.39, 0.29) is 23.9 Å². The Morgan fingerprint density at radius 1 is 1.11 bits per heavy atom. The van der Waals surface area contributed by atoms with Crippen LogP contribution in [0.2, 0.25) is 0 Å². The van der Waals surface area contributed by atoms with Crippen molar-refractivity contribution in [1.82, 2.24) is 0 Å². The zero-order valence-electron chi connectivity index (χ0n) is 10.1. The molecule has 0 aliphatic heterocycles. The molecule has 1 atom stereocenters. The van der Waals surface area contributed by atoms with E-state index in [4.69, 9.17) is 0 Å². The average Bonchev–Trinajstić information content (AvgIpc) is 2.92. The van der Waals surface area contributed by atoms with Crippen LogP contribution < -0.4 is 0 Å². The molecule has 2 aromatic rings. The summed E-state index contributed by atoms with van der Waals surface area (Å²) < 4.78 is 0. The van der Waals surface area contributed by atoms with E-state index in [1.807, 2.05) is 29.6 Å². The van der Waals surface area contributed by atoms with Crippen LogP contribution in [0, 0.1) is 5.92 Å². The van der Waals surface area contributed by atoms with E-state index in [1.54, 1.807) is 25.1 Å². The lowest BCUT2D eigenvalue weighted by atomic mass is 9.94. The third-order valence-electron chi connectivity index (χ3n) is 2.79. The molecular weight excluding hydrogens is 244 g/mol. The van der Waals surface area contributed by atoms with Crippen molar-refractivity contribution in [2.24, 2.45) is 5.92 Å². The van der Waals surface area contributed by atoms with Crippen molar-refractivity contribution in [3.05, 3.63) is 58.3 Å². The molecule has 1 heterocycles. The zero-order chi connectivity index (χ0) is 13.0. The highest BCUT2D eigenvalue weighted by molar-refractivity contribution is 7.12. The number of carbonyl (C=O) groups excluding carboxylic acids is 2. The van der Waals surface area contributed by atoms with Gasteiger partial charge in [0.1, 0.15) is 0 Å². The van der Waals surface area contributed by atoms with Crippen LogP contribution in [0.3, 0.4) is 0 Å². The van der Waals surface area contributed by atoms with Crippen molar-refractivity contribution in [2.45, 2.75) is 13.3 Å². The Labute approximate surface area is 110 Å². The van der Waals surface area contributed by atoms with Gasteiger partial charge in [0, 0.05) is 17.9 Å². The number of carbonyl (C=O) groups is 2. The number of thiophene rings is 1. The van der Waals surface area contributed by atoms with Gasteiger partial charge in [-0.2, -0.15) is 0 Å². The highest BCUT2D eigenvalue weighted by Crippen LogP contribution is 2.18. The Kier molecular flexibility index (Phi) is 4.05. The number of Topliss-reactive ketones (excluding diaryl/α,β-unsaturated/α-hetero) is 2. The van der Waals surface area contributed by atoms with Crippen LogP contribution in [0.5, 0.6) is 0 Å². The van der Waals surface area contributed by atoms with Crippen LogP contribution >= 0.6 is 11.3 Å². The first-order chi connectivity index (χ1) is 8.68. The van der Waals surface area contributed by atoms with Crippen molar-refractivity contribution >= 4 is 22.9 Å². The highest BCUT2D eigenvalue weighted by atomic mass is 32.1. The fourth-order valence-electron chi connectivity index (χ4n) is 1.80. The Bertz CT molecular complexity index is 529. The number of hydrogen-bond acceptors (Lipinski definition) is 3. The summed E-state index contributed by atoms with van der Waals surface area (Å²) in [5, 5.41) is 1.87. The summed E-state index contributed by atoms with van der Waals surface area (Å²) in [6.07, 6.45) is 0.272. The molecule has 0 radical (unpaired) electrons. The summed E-state index contributed by atoms with van der Waals surface area (Å²) in [6, 6.07) is 12.8. The standard InChI is InChI=1S/C15H14O2S/c1-11(10-13(16)14-8-5-9-18-14)15(17)12-6-3-2-4-7-12/h2-9,11H,10H2,1H3/t11-/m1/s1. The molecule has 0 saturated heterocycles. The van der Waals surface area contributed by atoms with Gasteiger partial charge in [-0.15, -0.1) is 11.3 Å².